The first-order valence-corrected chi connectivity index (χ1v) is 9.61. The third-order valence-corrected chi connectivity index (χ3v) is 5.46. The lowest BCUT2D eigenvalue weighted by atomic mass is 10.0. The molecule has 0 bridgehead atoms. The number of aryl methyl sites for hydroxylation is 1. The van der Waals surface area contributed by atoms with Crippen molar-refractivity contribution in [2.75, 3.05) is 32.0 Å². The van der Waals surface area contributed by atoms with E-state index in [0.717, 1.165) is 5.75 Å². The molecule has 3 N–H and O–H groups in total. The highest BCUT2D eigenvalue weighted by atomic mass is 32.2. The van der Waals surface area contributed by atoms with Crippen LogP contribution in [0.4, 0.5) is 4.79 Å². The van der Waals surface area contributed by atoms with E-state index >= 15 is 0 Å². The number of thioether (sulfide) groups is 1. The second kappa shape index (κ2) is 10.0. The van der Waals surface area contributed by atoms with Crippen molar-refractivity contribution in [1.82, 2.24) is 10.2 Å². The largest absolute Gasteiger partial charge is 0.374 e. The molecule has 0 saturated carbocycles. The Labute approximate surface area is 157 Å². The lowest BCUT2D eigenvalue weighted by Crippen LogP contribution is -2.53. The van der Waals surface area contributed by atoms with E-state index in [2.05, 4.69) is 24.4 Å². The van der Waals surface area contributed by atoms with Crippen LogP contribution in [-0.2, 0) is 15.3 Å². The van der Waals surface area contributed by atoms with Gasteiger partial charge in [-0.15, -0.1) is 0 Å². The molecule has 2 atom stereocenters. The van der Waals surface area contributed by atoms with Gasteiger partial charge in [-0.3, -0.25) is 4.79 Å². The quantitative estimate of drug-likeness (QED) is 0.697. The average Bonchev–Trinajstić information content (AvgIpc) is 2.64. The van der Waals surface area contributed by atoms with Gasteiger partial charge in [-0.2, -0.15) is 17.0 Å². The Morgan fingerprint density at radius 3 is 2.96 bits per heavy atom. The van der Waals surface area contributed by atoms with Crippen LogP contribution >= 0.6 is 11.8 Å². The maximum Gasteiger partial charge on any atom is 0.314 e. The first-order chi connectivity index (χ1) is 12.5. The predicted molar refractivity (Wildman–Crippen MR) is 100 cm³/mol. The molecule has 1 saturated heterocycles. The third kappa shape index (κ3) is 5.64. The number of hydrogen-bond donors (Lipinski definition) is 2. The smallest absolute Gasteiger partial charge is 0.314 e. The fourth-order valence-electron chi connectivity index (χ4n) is 2.80. The molecule has 26 heavy (non-hydrogen) atoms. The van der Waals surface area contributed by atoms with Crippen LogP contribution in [0.3, 0.4) is 0 Å². The number of urea groups is 1. The Balaban J connectivity index is 2.01. The molecular weight excluding hydrogens is 352 g/mol. The summed E-state index contributed by atoms with van der Waals surface area (Å²) in [5, 5.41) is 11.3. The Hall–Kier alpha value is -2.24. The van der Waals surface area contributed by atoms with Crippen LogP contribution in [0.25, 0.3) is 0 Å². The van der Waals surface area contributed by atoms with E-state index in [4.69, 9.17) is 15.7 Å². The molecule has 140 valence electrons. The summed E-state index contributed by atoms with van der Waals surface area (Å²) in [6, 6.07) is 9.51. The van der Waals surface area contributed by atoms with Crippen LogP contribution in [0.15, 0.2) is 24.3 Å². The van der Waals surface area contributed by atoms with Gasteiger partial charge >= 0.3 is 6.03 Å². The van der Waals surface area contributed by atoms with E-state index < -0.39 is 18.1 Å². The van der Waals surface area contributed by atoms with Crippen LogP contribution in [0, 0.1) is 24.2 Å². The van der Waals surface area contributed by atoms with Gasteiger partial charge in [-0.25, -0.2) is 4.79 Å². The minimum Gasteiger partial charge on any atom is -0.374 e. The summed E-state index contributed by atoms with van der Waals surface area (Å²) in [4.78, 5) is 25.4. The van der Waals surface area contributed by atoms with E-state index in [1.165, 1.54) is 16.0 Å². The van der Waals surface area contributed by atoms with Crippen molar-refractivity contribution in [3.8, 4) is 6.07 Å². The highest BCUT2D eigenvalue weighted by molar-refractivity contribution is 7.98. The molecule has 1 heterocycles. The van der Waals surface area contributed by atoms with Crippen molar-refractivity contribution in [3.63, 3.8) is 0 Å². The number of nitriles is 1. The maximum atomic E-state index is 12.5. The zero-order valence-electron chi connectivity index (χ0n) is 14.8. The van der Waals surface area contributed by atoms with Gasteiger partial charge in [-0.1, -0.05) is 24.3 Å². The van der Waals surface area contributed by atoms with Gasteiger partial charge in [0.25, 0.3) is 0 Å². The topological polar surface area (TPSA) is 108 Å². The summed E-state index contributed by atoms with van der Waals surface area (Å²) >= 11 is 1.64. The van der Waals surface area contributed by atoms with Gasteiger partial charge in [0.2, 0.25) is 5.91 Å². The van der Waals surface area contributed by atoms with Gasteiger partial charge in [0.15, 0.2) is 0 Å². The number of hydrogen-bond acceptors (Lipinski definition) is 5. The molecule has 0 aromatic heterocycles. The number of nitrogens with zero attached hydrogens (tertiary/aromatic N) is 2. The van der Waals surface area contributed by atoms with Crippen LogP contribution < -0.4 is 11.1 Å². The third-order valence-electron chi connectivity index (χ3n) is 4.35. The number of rotatable bonds is 7. The lowest BCUT2D eigenvalue weighted by molar-refractivity contribution is -0.131. The Bertz CT molecular complexity index is 677. The minimum atomic E-state index is -0.512. The summed E-state index contributed by atoms with van der Waals surface area (Å²) in [7, 11) is 0. The number of primary amides is 1. The Kier molecular flexibility index (Phi) is 7.75. The van der Waals surface area contributed by atoms with Crippen molar-refractivity contribution in [2.45, 2.75) is 18.8 Å². The molecule has 0 spiro atoms. The molecule has 8 heteroatoms. The van der Waals surface area contributed by atoms with Crippen molar-refractivity contribution >= 4 is 23.7 Å². The standard InChI is InChI=1S/C18H24N4O3S/c1-13-4-2-3-5-14(13)11-26-12-15(17(23)21-7-6-19)16-10-22(18(20)24)8-9-25-16/h2-5,15-16H,7-12H2,1H3,(H2,20,24)(H,21,23). The first kappa shape index (κ1) is 20.1. The van der Waals surface area contributed by atoms with E-state index in [-0.39, 0.29) is 19.0 Å². The zero-order valence-corrected chi connectivity index (χ0v) is 15.6. The van der Waals surface area contributed by atoms with Crippen LogP contribution in [0.5, 0.6) is 0 Å². The minimum absolute atomic E-state index is 0.0515. The molecule has 7 nitrogen and oxygen atoms in total. The number of amides is 3. The lowest BCUT2D eigenvalue weighted by Gasteiger charge is -2.35. The molecule has 1 aromatic carbocycles. The second-order valence-corrected chi connectivity index (χ2v) is 7.15. The van der Waals surface area contributed by atoms with Gasteiger partial charge in [-0.05, 0) is 18.1 Å². The van der Waals surface area contributed by atoms with Crippen LogP contribution in [-0.4, -0.2) is 54.9 Å². The molecule has 1 aliphatic rings. The maximum absolute atomic E-state index is 12.5. The number of carbonyl (C=O) groups excluding carboxylic acids is 2. The predicted octanol–water partition coefficient (Wildman–Crippen LogP) is 1.26. The molecular formula is C18H24N4O3S. The number of carbonyl (C=O) groups is 2. The average molecular weight is 376 g/mol. The van der Waals surface area contributed by atoms with Crippen molar-refractivity contribution in [2.24, 2.45) is 11.7 Å². The highest BCUT2D eigenvalue weighted by Crippen LogP contribution is 2.23. The Morgan fingerprint density at radius 2 is 2.27 bits per heavy atom. The van der Waals surface area contributed by atoms with E-state index in [9.17, 15) is 9.59 Å². The normalized spacial score (nSPS) is 18.0. The molecule has 0 aliphatic carbocycles. The number of ether oxygens (including phenoxy) is 1. The highest BCUT2D eigenvalue weighted by Gasteiger charge is 2.34. The van der Waals surface area contributed by atoms with Gasteiger partial charge < -0.3 is 20.7 Å². The second-order valence-electron chi connectivity index (χ2n) is 6.12. The van der Waals surface area contributed by atoms with E-state index in [1.54, 1.807) is 11.8 Å². The summed E-state index contributed by atoms with van der Waals surface area (Å²) in [5.41, 5.74) is 7.79. The van der Waals surface area contributed by atoms with Crippen molar-refractivity contribution < 1.29 is 14.3 Å². The fraction of sp³-hybridized carbons (Fsp3) is 0.500. The number of benzene rings is 1. The summed E-state index contributed by atoms with van der Waals surface area (Å²) < 4.78 is 5.74. The Morgan fingerprint density at radius 1 is 1.50 bits per heavy atom. The van der Waals surface area contributed by atoms with Crippen LogP contribution in [0.1, 0.15) is 11.1 Å². The van der Waals surface area contributed by atoms with Gasteiger partial charge in [0.05, 0.1) is 24.7 Å². The molecule has 0 radical (unpaired) electrons. The van der Waals surface area contributed by atoms with E-state index in [1.807, 2.05) is 18.2 Å². The van der Waals surface area contributed by atoms with Crippen molar-refractivity contribution in [3.05, 3.63) is 35.4 Å². The number of morpholine rings is 1. The molecule has 1 fully saturated rings. The molecule has 1 aliphatic heterocycles. The monoisotopic (exact) mass is 376 g/mol. The summed E-state index contributed by atoms with van der Waals surface area (Å²) in [5.74, 6) is 0.615. The number of nitrogens with one attached hydrogen (secondary N) is 1. The first-order valence-electron chi connectivity index (χ1n) is 8.45. The molecule has 2 rings (SSSR count). The van der Waals surface area contributed by atoms with E-state index in [0.29, 0.717) is 18.9 Å². The molecule has 2 unspecified atom stereocenters. The molecule has 1 aromatic rings. The fourth-order valence-corrected chi connectivity index (χ4v) is 4.08. The zero-order chi connectivity index (χ0) is 18.9. The summed E-state index contributed by atoms with van der Waals surface area (Å²) in [6.45, 7) is 3.06. The van der Waals surface area contributed by atoms with Crippen LogP contribution in [0.2, 0.25) is 0 Å². The van der Waals surface area contributed by atoms with Gasteiger partial charge in [0.1, 0.15) is 6.54 Å². The summed E-state index contributed by atoms with van der Waals surface area (Å²) in [6.07, 6.45) is -0.431. The number of nitrogens with two attached hydrogens (primary N) is 1. The van der Waals surface area contributed by atoms with Crippen molar-refractivity contribution in [1.29, 1.82) is 5.26 Å². The SMILES string of the molecule is Cc1ccccc1CSCC(C(=O)NCC#N)C1CN(C(N)=O)CCO1. The molecule has 3 amide bonds. The van der Waals surface area contributed by atoms with Gasteiger partial charge in [0, 0.05) is 24.6 Å².